The van der Waals surface area contributed by atoms with Crippen LogP contribution in [-0.4, -0.2) is 5.78 Å². The summed E-state index contributed by atoms with van der Waals surface area (Å²) in [4.78, 5) is 13.4. The van der Waals surface area contributed by atoms with Crippen molar-refractivity contribution in [2.24, 2.45) is 17.6 Å². The van der Waals surface area contributed by atoms with Gasteiger partial charge in [0.05, 0.1) is 0 Å². The fraction of sp³-hybridized carbons (Fsp3) is 0.375. The second-order valence-corrected chi connectivity index (χ2v) is 8.49. The maximum absolute atomic E-state index is 12.2. The minimum absolute atomic E-state index is 0.0398. The summed E-state index contributed by atoms with van der Waals surface area (Å²) in [5.41, 5.74) is 10.7. The summed E-state index contributed by atoms with van der Waals surface area (Å²) in [6, 6.07) is 7.36. The number of allylic oxidation sites excluding steroid dienone is 2. The van der Waals surface area contributed by atoms with Gasteiger partial charge in [0.15, 0.2) is 5.78 Å². The first kappa shape index (κ1) is 22.0. The fourth-order valence-electron chi connectivity index (χ4n) is 3.08. The Labute approximate surface area is 172 Å². The number of rotatable bonds is 9. The lowest BCUT2D eigenvalue weighted by molar-refractivity contribution is 0.0939. The van der Waals surface area contributed by atoms with Crippen LogP contribution in [0.4, 0.5) is 0 Å². The van der Waals surface area contributed by atoms with Gasteiger partial charge in [0, 0.05) is 33.2 Å². The Kier molecular flexibility index (Phi) is 7.64. The molecule has 2 rings (SSSR count). The second kappa shape index (κ2) is 9.74. The number of hydrogen-bond acceptors (Lipinski definition) is 4. The summed E-state index contributed by atoms with van der Waals surface area (Å²) < 4.78 is 6.00. The van der Waals surface area contributed by atoms with E-state index in [0.29, 0.717) is 29.5 Å². The quantitative estimate of drug-likeness (QED) is 0.488. The van der Waals surface area contributed by atoms with Gasteiger partial charge >= 0.3 is 0 Å². The molecule has 0 saturated carbocycles. The lowest BCUT2D eigenvalue weighted by atomic mass is 9.99. The number of carbonyl (C=O) groups excluding carboxylic acids is 1. The van der Waals surface area contributed by atoms with E-state index in [1.54, 1.807) is 11.3 Å². The SMILES string of the molecule is C=C(N)c1c(COc2cccc(C(=O)C(C)C)c2)csc1/C(=C\C(C)C)CC. The molecular weight excluding hydrogens is 366 g/mol. The Morgan fingerprint density at radius 1 is 1.29 bits per heavy atom. The van der Waals surface area contributed by atoms with Gasteiger partial charge < -0.3 is 10.5 Å². The molecule has 28 heavy (non-hydrogen) atoms. The lowest BCUT2D eigenvalue weighted by Gasteiger charge is -2.12. The summed E-state index contributed by atoms with van der Waals surface area (Å²) in [6.45, 7) is 14.7. The van der Waals surface area contributed by atoms with Gasteiger partial charge in [-0.05, 0) is 35.4 Å². The number of carbonyl (C=O) groups is 1. The van der Waals surface area contributed by atoms with Gasteiger partial charge in [-0.1, -0.05) is 59.4 Å². The Hall–Kier alpha value is -2.33. The van der Waals surface area contributed by atoms with E-state index in [1.165, 1.54) is 10.5 Å². The van der Waals surface area contributed by atoms with Crippen LogP contribution in [0.25, 0.3) is 11.3 Å². The highest BCUT2D eigenvalue weighted by Gasteiger charge is 2.17. The zero-order valence-electron chi connectivity index (χ0n) is 17.5. The van der Waals surface area contributed by atoms with Gasteiger partial charge in [-0.25, -0.2) is 0 Å². The third-order valence-corrected chi connectivity index (χ3v) is 5.54. The van der Waals surface area contributed by atoms with Crippen LogP contribution in [0, 0.1) is 11.8 Å². The summed E-state index contributed by atoms with van der Waals surface area (Å²) in [5, 5.41) is 2.09. The third-order valence-electron chi connectivity index (χ3n) is 4.43. The van der Waals surface area contributed by atoms with Crippen molar-refractivity contribution in [1.82, 2.24) is 0 Å². The molecule has 0 bridgehead atoms. The van der Waals surface area contributed by atoms with Crippen molar-refractivity contribution in [1.29, 1.82) is 0 Å². The van der Waals surface area contributed by atoms with E-state index in [2.05, 4.69) is 38.8 Å². The van der Waals surface area contributed by atoms with Crippen molar-refractivity contribution >= 4 is 28.4 Å². The standard InChI is InChI=1S/C24H31NO2S/c1-7-18(11-15(2)3)24-22(17(6)25)20(14-28-24)13-27-21-10-8-9-19(12-21)23(26)16(4)5/h8-12,14-16H,6-7,13,25H2,1-5H3/b18-11-. The van der Waals surface area contributed by atoms with Crippen LogP contribution in [0.3, 0.4) is 0 Å². The van der Waals surface area contributed by atoms with Crippen LogP contribution in [-0.2, 0) is 6.61 Å². The first-order valence-electron chi connectivity index (χ1n) is 9.77. The summed E-state index contributed by atoms with van der Waals surface area (Å²) in [6.07, 6.45) is 3.22. The molecular formula is C24H31NO2S. The van der Waals surface area contributed by atoms with Crippen LogP contribution >= 0.6 is 11.3 Å². The van der Waals surface area contributed by atoms with Gasteiger partial charge in [-0.2, -0.15) is 0 Å². The molecule has 0 atom stereocenters. The molecule has 0 unspecified atom stereocenters. The van der Waals surface area contributed by atoms with E-state index in [9.17, 15) is 4.79 Å². The van der Waals surface area contributed by atoms with Crippen molar-refractivity contribution in [2.45, 2.75) is 47.6 Å². The molecule has 0 aliphatic rings. The molecule has 3 nitrogen and oxygen atoms in total. The summed E-state index contributed by atoms with van der Waals surface area (Å²) >= 11 is 1.68. The minimum Gasteiger partial charge on any atom is -0.489 e. The van der Waals surface area contributed by atoms with Crippen LogP contribution in [0.5, 0.6) is 5.75 Å². The minimum atomic E-state index is -0.0398. The molecule has 1 aromatic carbocycles. The van der Waals surface area contributed by atoms with E-state index in [0.717, 1.165) is 17.5 Å². The molecule has 0 amide bonds. The van der Waals surface area contributed by atoms with Gasteiger partial charge in [0.2, 0.25) is 0 Å². The highest BCUT2D eigenvalue weighted by molar-refractivity contribution is 7.11. The van der Waals surface area contributed by atoms with E-state index in [-0.39, 0.29) is 11.7 Å². The van der Waals surface area contributed by atoms with Crippen LogP contribution in [0.15, 0.2) is 42.3 Å². The van der Waals surface area contributed by atoms with Gasteiger partial charge in [0.1, 0.15) is 12.4 Å². The molecule has 4 heteroatoms. The Morgan fingerprint density at radius 3 is 2.57 bits per heavy atom. The molecule has 0 spiro atoms. The fourth-order valence-corrected chi connectivity index (χ4v) is 4.27. The predicted molar refractivity (Wildman–Crippen MR) is 121 cm³/mol. The number of ether oxygens (including phenoxy) is 1. The van der Waals surface area contributed by atoms with E-state index < -0.39 is 0 Å². The van der Waals surface area contributed by atoms with Crippen molar-refractivity contribution in [3.05, 3.63) is 63.9 Å². The zero-order valence-corrected chi connectivity index (χ0v) is 18.4. The number of ketones is 1. The predicted octanol–water partition coefficient (Wildman–Crippen LogP) is 6.54. The van der Waals surface area contributed by atoms with Crippen LogP contribution < -0.4 is 10.5 Å². The van der Waals surface area contributed by atoms with Crippen molar-refractivity contribution in [3.63, 3.8) is 0 Å². The van der Waals surface area contributed by atoms with E-state index >= 15 is 0 Å². The van der Waals surface area contributed by atoms with Gasteiger partial charge in [-0.3, -0.25) is 4.79 Å². The molecule has 2 N–H and O–H groups in total. The molecule has 0 fully saturated rings. The first-order chi connectivity index (χ1) is 13.2. The van der Waals surface area contributed by atoms with Gasteiger partial charge in [-0.15, -0.1) is 11.3 Å². The maximum Gasteiger partial charge on any atom is 0.165 e. The first-order valence-corrected chi connectivity index (χ1v) is 10.7. The number of benzene rings is 1. The molecule has 1 heterocycles. The maximum atomic E-state index is 12.2. The Bertz CT molecular complexity index is 874. The van der Waals surface area contributed by atoms with Gasteiger partial charge in [0.25, 0.3) is 0 Å². The number of nitrogens with two attached hydrogens (primary N) is 1. The topological polar surface area (TPSA) is 52.3 Å². The summed E-state index contributed by atoms with van der Waals surface area (Å²) in [7, 11) is 0. The molecule has 150 valence electrons. The number of hydrogen-bond donors (Lipinski definition) is 1. The normalized spacial score (nSPS) is 11.9. The highest BCUT2D eigenvalue weighted by Crippen LogP contribution is 2.35. The van der Waals surface area contributed by atoms with Crippen molar-refractivity contribution in [2.75, 3.05) is 0 Å². The Morgan fingerprint density at radius 2 is 2.00 bits per heavy atom. The van der Waals surface area contributed by atoms with Crippen molar-refractivity contribution < 1.29 is 9.53 Å². The zero-order chi connectivity index (χ0) is 20.8. The van der Waals surface area contributed by atoms with Crippen molar-refractivity contribution in [3.8, 4) is 5.75 Å². The van der Waals surface area contributed by atoms with E-state index in [1.807, 2.05) is 38.1 Å². The molecule has 1 aromatic heterocycles. The molecule has 2 aromatic rings. The molecule has 0 radical (unpaired) electrons. The molecule has 0 aliphatic heterocycles. The Balaban J connectivity index is 2.27. The highest BCUT2D eigenvalue weighted by atomic mass is 32.1. The summed E-state index contributed by atoms with van der Waals surface area (Å²) in [5.74, 6) is 1.23. The van der Waals surface area contributed by atoms with Crippen LogP contribution in [0.2, 0.25) is 0 Å². The largest absolute Gasteiger partial charge is 0.489 e. The number of thiophene rings is 1. The molecule has 0 aliphatic carbocycles. The average molecular weight is 398 g/mol. The second-order valence-electron chi connectivity index (χ2n) is 7.62. The van der Waals surface area contributed by atoms with E-state index in [4.69, 9.17) is 10.5 Å². The smallest absolute Gasteiger partial charge is 0.165 e. The molecule has 0 saturated heterocycles. The van der Waals surface area contributed by atoms with Crippen LogP contribution in [0.1, 0.15) is 67.4 Å². The monoisotopic (exact) mass is 397 g/mol. The number of Topliss-reactive ketones (excluding diaryl/α,β-unsaturated/α-hetero) is 1. The average Bonchev–Trinajstić information content (AvgIpc) is 3.07. The lowest BCUT2D eigenvalue weighted by Crippen LogP contribution is -2.08. The third kappa shape index (κ3) is 5.35.